The number of nitrogens with one attached hydrogen (secondary N) is 2. The molecule has 1 amide bonds. The summed E-state index contributed by atoms with van der Waals surface area (Å²) in [4.78, 5) is 21.1. The summed E-state index contributed by atoms with van der Waals surface area (Å²) >= 11 is 0. The van der Waals surface area contributed by atoms with Gasteiger partial charge in [-0.1, -0.05) is 18.2 Å². The second kappa shape index (κ2) is 9.33. The number of para-hydroxylation sites is 1. The largest absolute Gasteiger partial charge is 0.371 e. The molecule has 1 aromatic rings. The minimum atomic E-state index is 0. The molecule has 0 bridgehead atoms. The van der Waals surface area contributed by atoms with E-state index in [4.69, 9.17) is 0 Å². The Kier molecular flexibility index (Phi) is 7.06. The second-order valence-corrected chi connectivity index (χ2v) is 8.34. The third-order valence-corrected chi connectivity index (χ3v) is 6.32. The van der Waals surface area contributed by atoms with Crippen molar-refractivity contribution in [1.82, 2.24) is 15.5 Å². The fourth-order valence-electron chi connectivity index (χ4n) is 4.87. The van der Waals surface area contributed by atoms with Crippen LogP contribution in [0, 0.1) is 11.3 Å². The molecule has 1 spiro atoms. The molecule has 0 aromatic heterocycles. The number of aliphatic imine (C=N–C) groups is 1. The lowest BCUT2D eigenvalue weighted by Crippen LogP contribution is -2.52. The summed E-state index contributed by atoms with van der Waals surface area (Å²) in [5.74, 6) is 1.83. The topological polar surface area (TPSA) is 60.0 Å². The molecule has 28 heavy (non-hydrogen) atoms. The van der Waals surface area contributed by atoms with Gasteiger partial charge in [-0.25, -0.2) is 0 Å². The van der Waals surface area contributed by atoms with Gasteiger partial charge in [0.05, 0.1) is 0 Å². The van der Waals surface area contributed by atoms with Crippen LogP contribution in [0.25, 0.3) is 0 Å². The summed E-state index contributed by atoms with van der Waals surface area (Å²) in [7, 11) is 1.87. The van der Waals surface area contributed by atoms with Gasteiger partial charge in [0.25, 0.3) is 0 Å². The summed E-state index contributed by atoms with van der Waals surface area (Å²) in [6.07, 6.45) is 4.13. The molecule has 3 aliphatic rings. The van der Waals surface area contributed by atoms with Crippen molar-refractivity contribution in [1.29, 1.82) is 0 Å². The highest BCUT2D eigenvalue weighted by atomic mass is 127. The van der Waals surface area contributed by atoms with Gasteiger partial charge in [-0.05, 0) is 37.3 Å². The number of halogens is 1. The van der Waals surface area contributed by atoms with Crippen molar-refractivity contribution in [2.24, 2.45) is 16.3 Å². The van der Waals surface area contributed by atoms with E-state index >= 15 is 0 Å². The number of likely N-dealkylation sites (tertiary alicyclic amines) is 1. The van der Waals surface area contributed by atoms with Gasteiger partial charge in [0.1, 0.15) is 0 Å². The monoisotopic (exact) mass is 497 g/mol. The second-order valence-electron chi connectivity index (χ2n) is 8.34. The van der Waals surface area contributed by atoms with E-state index in [1.54, 1.807) is 0 Å². The zero-order chi connectivity index (χ0) is 18.7. The zero-order valence-electron chi connectivity index (χ0n) is 16.7. The predicted molar refractivity (Wildman–Crippen MR) is 124 cm³/mol. The number of guanidine groups is 1. The molecular formula is C21H32IN5O. The van der Waals surface area contributed by atoms with Crippen LogP contribution in [0.3, 0.4) is 0 Å². The quantitative estimate of drug-likeness (QED) is 0.383. The number of rotatable bonds is 3. The number of carbonyl (C=O) groups excluding carboxylic acids is 1. The molecule has 1 aromatic carbocycles. The first-order chi connectivity index (χ1) is 13.2. The van der Waals surface area contributed by atoms with Gasteiger partial charge >= 0.3 is 0 Å². The van der Waals surface area contributed by atoms with Crippen LogP contribution in [0.5, 0.6) is 0 Å². The smallest absolute Gasteiger partial charge is 0.220 e. The Bertz CT molecular complexity index is 697. The number of nitrogens with zero attached hydrogens (tertiary/aromatic N) is 3. The fourth-order valence-corrected chi connectivity index (χ4v) is 4.87. The first-order valence-corrected chi connectivity index (χ1v) is 10.2. The summed E-state index contributed by atoms with van der Waals surface area (Å²) in [6, 6.07) is 10.7. The van der Waals surface area contributed by atoms with Crippen LogP contribution in [0.2, 0.25) is 0 Å². The lowest BCUT2D eigenvalue weighted by atomic mass is 9.79. The molecule has 3 aliphatic heterocycles. The van der Waals surface area contributed by atoms with Gasteiger partial charge < -0.3 is 20.4 Å². The van der Waals surface area contributed by atoms with Gasteiger partial charge in [-0.3, -0.25) is 9.79 Å². The lowest BCUT2D eigenvalue weighted by Gasteiger charge is -2.41. The molecule has 0 saturated carbocycles. The summed E-state index contributed by atoms with van der Waals surface area (Å²) in [5, 5.41) is 6.64. The van der Waals surface area contributed by atoms with E-state index < -0.39 is 0 Å². The average molecular weight is 497 g/mol. The Hall–Kier alpha value is -1.51. The van der Waals surface area contributed by atoms with E-state index in [0.29, 0.717) is 12.3 Å². The minimum absolute atomic E-state index is 0. The summed E-state index contributed by atoms with van der Waals surface area (Å²) < 4.78 is 0. The van der Waals surface area contributed by atoms with Gasteiger partial charge in [0.2, 0.25) is 5.91 Å². The Labute approximate surface area is 185 Å². The van der Waals surface area contributed by atoms with Crippen LogP contribution in [0.4, 0.5) is 5.69 Å². The molecule has 4 rings (SSSR count). The molecule has 2 N–H and O–H groups in total. The number of piperidine rings is 1. The highest BCUT2D eigenvalue weighted by molar-refractivity contribution is 14.0. The maximum absolute atomic E-state index is 11.7. The molecular weight excluding hydrogens is 465 g/mol. The molecule has 7 heteroatoms. The van der Waals surface area contributed by atoms with Crippen LogP contribution in [-0.2, 0) is 4.79 Å². The Morgan fingerprint density at radius 2 is 2.14 bits per heavy atom. The Morgan fingerprint density at radius 1 is 1.32 bits per heavy atom. The maximum atomic E-state index is 11.7. The summed E-state index contributed by atoms with van der Waals surface area (Å²) in [6.45, 7) is 5.93. The molecule has 0 aliphatic carbocycles. The fraction of sp³-hybridized carbons (Fsp3) is 0.619. The SMILES string of the molecule is CN=C(NCC1CCN(c2ccccc2)C1)N1CCCC2(CNC(=O)C2)C1.I. The van der Waals surface area contributed by atoms with Gasteiger partial charge in [-0.2, -0.15) is 0 Å². The Balaban J connectivity index is 0.00000225. The maximum Gasteiger partial charge on any atom is 0.220 e. The molecule has 2 unspecified atom stereocenters. The van der Waals surface area contributed by atoms with Gasteiger partial charge in [0.15, 0.2) is 5.96 Å². The van der Waals surface area contributed by atoms with E-state index in [0.717, 1.165) is 58.1 Å². The third kappa shape index (κ3) is 4.72. The van der Waals surface area contributed by atoms with Gasteiger partial charge in [0, 0.05) is 63.8 Å². The molecule has 0 radical (unpaired) electrons. The number of amides is 1. The highest BCUT2D eigenvalue weighted by Crippen LogP contribution is 2.36. The molecule has 3 fully saturated rings. The first kappa shape index (κ1) is 21.2. The number of hydrogen-bond donors (Lipinski definition) is 2. The van der Waals surface area contributed by atoms with Crippen LogP contribution < -0.4 is 15.5 Å². The van der Waals surface area contributed by atoms with Crippen molar-refractivity contribution in [2.75, 3.05) is 51.2 Å². The number of benzene rings is 1. The molecule has 3 heterocycles. The van der Waals surface area contributed by atoms with E-state index in [9.17, 15) is 4.79 Å². The number of anilines is 1. The van der Waals surface area contributed by atoms with E-state index in [1.807, 2.05) is 7.05 Å². The standard InChI is InChI=1S/C21H31N5O.HI/c1-22-20(26-10-5-9-21(16-26)12-19(27)24-15-21)23-13-17-8-11-25(14-17)18-6-3-2-4-7-18;/h2-4,6-7,17H,5,8-16H2,1H3,(H,22,23)(H,24,27);1H. The van der Waals surface area contributed by atoms with Crippen LogP contribution >= 0.6 is 24.0 Å². The van der Waals surface area contributed by atoms with Crippen molar-refractivity contribution in [3.05, 3.63) is 30.3 Å². The van der Waals surface area contributed by atoms with E-state index in [2.05, 4.69) is 55.8 Å². The van der Waals surface area contributed by atoms with Crippen molar-refractivity contribution >= 4 is 41.5 Å². The number of hydrogen-bond acceptors (Lipinski definition) is 3. The van der Waals surface area contributed by atoms with Crippen molar-refractivity contribution in [3.63, 3.8) is 0 Å². The van der Waals surface area contributed by atoms with Crippen LogP contribution in [0.1, 0.15) is 25.7 Å². The van der Waals surface area contributed by atoms with Crippen molar-refractivity contribution in [3.8, 4) is 0 Å². The normalized spacial score (nSPS) is 27.7. The highest BCUT2D eigenvalue weighted by Gasteiger charge is 2.42. The first-order valence-electron chi connectivity index (χ1n) is 10.2. The Morgan fingerprint density at radius 3 is 2.86 bits per heavy atom. The lowest BCUT2D eigenvalue weighted by molar-refractivity contribution is -0.119. The van der Waals surface area contributed by atoms with E-state index in [1.165, 1.54) is 12.1 Å². The summed E-state index contributed by atoms with van der Waals surface area (Å²) in [5.41, 5.74) is 1.42. The molecule has 2 atom stereocenters. The van der Waals surface area contributed by atoms with Crippen LogP contribution in [0.15, 0.2) is 35.3 Å². The number of carbonyl (C=O) groups is 1. The zero-order valence-corrected chi connectivity index (χ0v) is 19.0. The molecule has 154 valence electrons. The molecule has 3 saturated heterocycles. The third-order valence-electron chi connectivity index (χ3n) is 6.32. The van der Waals surface area contributed by atoms with Gasteiger partial charge in [-0.15, -0.1) is 24.0 Å². The predicted octanol–water partition coefficient (Wildman–Crippen LogP) is 2.31. The van der Waals surface area contributed by atoms with E-state index in [-0.39, 0.29) is 35.3 Å². The minimum Gasteiger partial charge on any atom is -0.371 e. The van der Waals surface area contributed by atoms with Crippen molar-refractivity contribution in [2.45, 2.75) is 25.7 Å². The van der Waals surface area contributed by atoms with Crippen molar-refractivity contribution < 1.29 is 4.79 Å². The van der Waals surface area contributed by atoms with Crippen LogP contribution in [-0.4, -0.2) is 63.1 Å². The molecule has 6 nitrogen and oxygen atoms in total. The average Bonchev–Trinajstić information content (AvgIpc) is 3.30.